The fraction of sp³-hybridized carbons (Fsp3) is 0.412. The number of carbonyl (C=O) groups is 1. The van der Waals surface area contributed by atoms with Gasteiger partial charge in [0.2, 0.25) is 0 Å². The number of fused-ring (bicyclic) bond motifs is 2. The lowest BCUT2D eigenvalue weighted by molar-refractivity contribution is 0.0789. The quantitative estimate of drug-likeness (QED) is 0.812. The van der Waals surface area contributed by atoms with E-state index >= 15 is 0 Å². The summed E-state index contributed by atoms with van der Waals surface area (Å²) in [6, 6.07) is 8.08. The molecular weight excluding hydrogens is 294 g/mol. The molecule has 2 aromatic heterocycles. The van der Waals surface area contributed by atoms with E-state index in [4.69, 9.17) is 0 Å². The van der Waals surface area contributed by atoms with Crippen LogP contribution in [0.25, 0.3) is 0 Å². The van der Waals surface area contributed by atoms with Crippen molar-refractivity contribution in [2.24, 2.45) is 0 Å². The monoisotopic (exact) mass is 313 g/mol. The number of aromatic nitrogens is 1. The lowest BCUT2D eigenvalue weighted by atomic mass is 9.85. The van der Waals surface area contributed by atoms with Crippen LogP contribution >= 0.6 is 11.3 Å². The largest absolute Gasteiger partial charge is 0.372 e. The molecule has 4 rings (SSSR count). The van der Waals surface area contributed by atoms with Gasteiger partial charge in [-0.25, -0.2) is 0 Å². The Morgan fingerprint density at radius 1 is 1.32 bits per heavy atom. The summed E-state index contributed by atoms with van der Waals surface area (Å²) >= 11 is 1.58. The van der Waals surface area contributed by atoms with Crippen LogP contribution in [0.4, 0.5) is 5.69 Å². The molecule has 4 heterocycles. The molecular formula is C17H19N3OS. The van der Waals surface area contributed by atoms with Crippen molar-refractivity contribution < 1.29 is 4.79 Å². The second-order valence-electron chi connectivity index (χ2n) is 6.39. The van der Waals surface area contributed by atoms with Gasteiger partial charge in [-0.1, -0.05) is 0 Å². The predicted octanol–water partition coefficient (Wildman–Crippen LogP) is 2.69. The van der Waals surface area contributed by atoms with Crippen molar-refractivity contribution in [2.45, 2.75) is 18.8 Å². The van der Waals surface area contributed by atoms with Gasteiger partial charge in [-0.3, -0.25) is 9.78 Å². The first kappa shape index (κ1) is 13.8. The summed E-state index contributed by atoms with van der Waals surface area (Å²) < 4.78 is 0. The Balaban J connectivity index is 1.62. The topological polar surface area (TPSA) is 36.4 Å². The smallest absolute Gasteiger partial charge is 0.263 e. The molecule has 4 nitrogen and oxygen atoms in total. The number of hydrogen-bond acceptors (Lipinski definition) is 4. The zero-order valence-corrected chi connectivity index (χ0v) is 13.7. The number of pyridine rings is 1. The molecule has 0 aromatic carbocycles. The van der Waals surface area contributed by atoms with Crippen molar-refractivity contribution in [3.63, 3.8) is 0 Å². The zero-order chi connectivity index (χ0) is 15.3. The number of likely N-dealkylation sites (tertiary alicyclic amines) is 1. The minimum atomic E-state index is 0.00725. The van der Waals surface area contributed by atoms with Crippen LogP contribution in [0.2, 0.25) is 0 Å². The second-order valence-corrected chi connectivity index (χ2v) is 7.68. The Morgan fingerprint density at radius 3 is 2.95 bits per heavy atom. The molecule has 0 radical (unpaired) electrons. The normalized spacial score (nSPS) is 23.4. The molecule has 0 N–H and O–H groups in total. The molecule has 0 bridgehead atoms. The SMILES string of the molecule is Cc1ccc(C(=O)N2CCC3(C2)CN(C)c2cccnc23)s1. The highest BCUT2D eigenvalue weighted by Gasteiger charge is 2.48. The lowest BCUT2D eigenvalue weighted by Gasteiger charge is -2.24. The fourth-order valence-electron chi connectivity index (χ4n) is 3.80. The number of carbonyl (C=O) groups excluding carboxylic acids is 1. The first-order valence-corrected chi connectivity index (χ1v) is 8.43. The van der Waals surface area contributed by atoms with Crippen LogP contribution < -0.4 is 4.90 Å². The fourth-order valence-corrected chi connectivity index (χ4v) is 4.64. The third-order valence-corrected chi connectivity index (χ3v) is 5.82. The molecule has 2 aliphatic heterocycles. The Morgan fingerprint density at radius 2 is 2.18 bits per heavy atom. The summed E-state index contributed by atoms with van der Waals surface area (Å²) in [7, 11) is 2.11. The highest BCUT2D eigenvalue weighted by molar-refractivity contribution is 7.13. The average molecular weight is 313 g/mol. The van der Waals surface area contributed by atoms with Crippen LogP contribution in [-0.4, -0.2) is 42.5 Å². The minimum Gasteiger partial charge on any atom is -0.372 e. The van der Waals surface area contributed by atoms with E-state index in [9.17, 15) is 4.79 Å². The maximum absolute atomic E-state index is 12.7. The number of anilines is 1. The van der Waals surface area contributed by atoms with Crippen LogP contribution in [0.5, 0.6) is 0 Å². The van der Waals surface area contributed by atoms with Gasteiger partial charge in [0.05, 0.1) is 21.7 Å². The van der Waals surface area contributed by atoms with E-state index in [1.807, 2.05) is 36.2 Å². The summed E-state index contributed by atoms with van der Waals surface area (Å²) in [5.41, 5.74) is 2.38. The number of thiophene rings is 1. The number of nitrogens with zero attached hydrogens (tertiary/aromatic N) is 3. The van der Waals surface area contributed by atoms with Crippen LogP contribution in [0.3, 0.4) is 0 Å². The number of hydrogen-bond donors (Lipinski definition) is 0. The molecule has 2 aliphatic rings. The van der Waals surface area contributed by atoms with Crippen LogP contribution in [0.1, 0.15) is 26.7 Å². The average Bonchev–Trinajstić information content (AvgIpc) is 3.20. The van der Waals surface area contributed by atoms with E-state index in [1.165, 1.54) is 10.6 Å². The van der Waals surface area contributed by atoms with Crippen LogP contribution in [0.15, 0.2) is 30.5 Å². The van der Waals surface area contributed by atoms with Crippen molar-refractivity contribution in [3.8, 4) is 0 Å². The number of aryl methyl sites for hydroxylation is 1. The van der Waals surface area contributed by atoms with Gasteiger partial charge in [0.25, 0.3) is 5.91 Å². The Hall–Kier alpha value is -1.88. The van der Waals surface area contributed by atoms with Crippen LogP contribution in [-0.2, 0) is 5.41 Å². The van der Waals surface area contributed by atoms with E-state index in [1.54, 1.807) is 11.3 Å². The van der Waals surface area contributed by atoms with Crippen molar-refractivity contribution in [1.29, 1.82) is 0 Å². The minimum absolute atomic E-state index is 0.00725. The van der Waals surface area contributed by atoms with Gasteiger partial charge < -0.3 is 9.80 Å². The van der Waals surface area contributed by atoms with Crippen molar-refractivity contribution >= 4 is 22.9 Å². The lowest BCUT2D eigenvalue weighted by Crippen LogP contribution is -2.37. The summed E-state index contributed by atoms with van der Waals surface area (Å²) in [5.74, 6) is 0.169. The Kier molecular flexibility index (Phi) is 3.01. The van der Waals surface area contributed by atoms with Crippen molar-refractivity contribution in [3.05, 3.63) is 45.9 Å². The summed E-state index contributed by atoms with van der Waals surface area (Å²) in [6.07, 6.45) is 2.87. The number of rotatable bonds is 1. The summed E-state index contributed by atoms with van der Waals surface area (Å²) in [4.78, 5) is 23.6. The number of amides is 1. The summed E-state index contributed by atoms with van der Waals surface area (Å²) in [5, 5.41) is 0. The predicted molar refractivity (Wildman–Crippen MR) is 88.8 cm³/mol. The van der Waals surface area contributed by atoms with Crippen LogP contribution in [0, 0.1) is 6.92 Å². The van der Waals surface area contributed by atoms with Crippen molar-refractivity contribution in [2.75, 3.05) is 31.6 Å². The molecule has 5 heteroatoms. The molecule has 0 aliphatic carbocycles. The molecule has 1 spiro atoms. The summed E-state index contributed by atoms with van der Waals surface area (Å²) in [6.45, 7) is 4.59. The third kappa shape index (κ3) is 1.96. The van der Waals surface area contributed by atoms with E-state index in [0.717, 1.165) is 36.6 Å². The van der Waals surface area contributed by atoms with E-state index in [-0.39, 0.29) is 11.3 Å². The van der Waals surface area contributed by atoms with Gasteiger partial charge in [-0.15, -0.1) is 11.3 Å². The molecule has 1 fully saturated rings. The maximum atomic E-state index is 12.7. The molecule has 1 unspecified atom stereocenters. The molecule has 1 amide bonds. The number of likely N-dealkylation sites (N-methyl/N-ethyl adjacent to an activating group) is 1. The van der Waals surface area contributed by atoms with Gasteiger partial charge in [-0.2, -0.15) is 0 Å². The van der Waals surface area contributed by atoms with Crippen molar-refractivity contribution in [1.82, 2.24) is 9.88 Å². The Labute approximate surface area is 134 Å². The van der Waals surface area contributed by atoms with Gasteiger partial charge in [0, 0.05) is 37.8 Å². The highest BCUT2D eigenvalue weighted by Crippen LogP contribution is 2.44. The second kappa shape index (κ2) is 4.81. The molecule has 2 aromatic rings. The zero-order valence-electron chi connectivity index (χ0n) is 12.9. The highest BCUT2D eigenvalue weighted by atomic mass is 32.1. The van der Waals surface area contributed by atoms with Gasteiger partial charge in [0.15, 0.2) is 0 Å². The third-order valence-electron chi connectivity index (χ3n) is 4.83. The molecule has 114 valence electrons. The molecule has 1 atom stereocenters. The Bertz CT molecular complexity index is 741. The maximum Gasteiger partial charge on any atom is 0.263 e. The first-order valence-electron chi connectivity index (χ1n) is 7.61. The van der Waals surface area contributed by atoms with Gasteiger partial charge >= 0.3 is 0 Å². The van der Waals surface area contributed by atoms with E-state index < -0.39 is 0 Å². The molecule has 22 heavy (non-hydrogen) atoms. The van der Waals surface area contributed by atoms with Gasteiger partial charge in [0.1, 0.15) is 0 Å². The van der Waals surface area contributed by atoms with E-state index in [0.29, 0.717) is 0 Å². The van der Waals surface area contributed by atoms with E-state index in [2.05, 4.69) is 23.0 Å². The molecule has 1 saturated heterocycles. The standard InChI is InChI=1S/C17H19N3OS/c1-12-5-6-14(22-12)16(21)20-9-7-17(11-20)10-19(2)13-4-3-8-18-15(13)17/h3-6,8H,7,9-11H2,1-2H3. The van der Waals surface area contributed by atoms with Gasteiger partial charge in [-0.05, 0) is 37.6 Å². The first-order chi connectivity index (χ1) is 10.6. The molecule has 0 saturated carbocycles.